The molecular weight excluding hydrogens is 504 g/mol. The van der Waals surface area contributed by atoms with Gasteiger partial charge < -0.3 is 9.64 Å². The molecule has 0 radical (unpaired) electrons. The van der Waals surface area contributed by atoms with Crippen LogP contribution >= 0.6 is 11.6 Å². The van der Waals surface area contributed by atoms with E-state index in [9.17, 15) is 19.2 Å². The first kappa shape index (κ1) is 23.7. The Morgan fingerprint density at radius 2 is 1.61 bits per heavy atom. The minimum absolute atomic E-state index is 0.0549. The number of aryl methyl sites for hydroxylation is 2. The molecule has 194 valence electrons. The molecule has 0 N–H and O–H groups in total. The van der Waals surface area contributed by atoms with Gasteiger partial charge in [-0.15, -0.1) is 0 Å². The van der Waals surface area contributed by atoms with Gasteiger partial charge in [0.15, 0.2) is 0 Å². The van der Waals surface area contributed by atoms with Gasteiger partial charge in [-0.3, -0.25) is 19.2 Å². The van der Waals surface area contributed by atoms with Crippen LogP contribution in [0.4, 0.5) is 11.4 Å². The Morgan fingerprint density at radius 3 is 2.24 bits per heavy atom. The summed E-state index contributed by atoms with van der Waals surface area (Å²) in [6.07, 6.45) is 5.50. The summed E-state index contributed by atoms with van der Waals surface area (Å²) < 4.78 is 5.64. The third kappa shape index (κ3) is 3.40. The molecule has 2 aliphatic heterocycles. The zero-order valence-electron chi connectivity index (χ0n) is 21.1. The van der Waals surface area contributed by atoms with E-state index in [2.05, 4.69) is 12.2 Å². The number of amides is 3. The summed E-state index contributed by atoms with van der Waals surface area (Å²) in [5.41, 5.74) is 2.79. The van der Waals surface area contributed by atoms with E-state index in [1.807, 2.05) is 26.0 Å². The van der Waals surface area contributed by atoms with Crippen molar-refractivity contribution < 1.29 is 23.9 Å². The molecule has 4 fully saturated rings. The molecule has 7 nitrogen and oxygen atoms in total. The largest absolute Gasteiger partial charge is 0.426 e. The predicted molar refractivity (Wildman–Crippen MR) is 141 cm³/mol. The number of carbonyl (C=O) groups is 4. The van der Waals surface area contributed by atoms with Crippen LogP contribution in [0.2, 0.25) is 5.02 Å². The fourth-order valence-electron chi connectivity index (χ4n) is 7.20. The van der Waals surface area contributed by atoms with Crippen LogP contribution in [0.3, 0.4) is 0 Å². The maximum Gasteiger partial charge on any atom is 0.316 e. The number of anilines is 2. The van der Waals surface area contributed by atoms with E-state index in [-0.39, 0.29) is 54.4 Å². The van der Waals surface area contributed by atoms with E-state index in [1.54, 1.807) is 29.2 Å². The van der Waals surface area contributed by atoms with Crippen molar-refractivity contribution in [3.8, 4) is 5.75 Å². The van der Waals surface area contributed by atoms with Gasteiger partial charge in [0.25, 0.3) is 0 Å². The van der Waals surface area contributed by atoms with E-state index in [1.165, 1.54) is 4.90 Å². The van der Waals surface area contributed by atoms with Crippen LogP contribution in [0.25, 0.3) is 0 Å². The summed E-state index contributed by atoms with van der Waals surface area (Å²) in [4.78, 5) is 55.4. The van der Waals surface area contributed by atoms with Gasteiger partial charge in [-0.25, -0.2) is 4.90 Å². The highest BCUT2D eigenvalue weighted by Gasteiger charge is 2.67. The molecule has 2 saturated heterocycles. The maximum absolute atomic E-state index is 13.5. The fourth-order valence-corrected chi connectivity index (χ4v) is 7.38. The van der Waals surface area contributed by atoms with Gasteiger partial charge in [0, 0.05) is 23.7 Å². The van der Waals surface area contributed by atoms with Crippen molar-refractivity contribution in [1.82, 2.24) is 0 Å². The first-order valence-electron chi connectivity index (χ1n) is 13.2. The normalized spacial score (nSPS) is 32.6. The molecule has 38 heavy (non-hydrogen) atoms. The molecule has 8 heteroatoms. The zero-order valence-corrected chi connectivity index (χ0v) is 21.9. The Balaban J connectivity index is 1.06. The molecule has 0 aromatic heterocycles. The Kier molecular flexibility index (Phi) is 5.15. The topological polar surface area (TPSA) is 84.0 Å². The Hall–Kier alpha value is -3.45. The van der Waals surface area contributed by atoms with Crippen LogP contribution in [-0.4, -0.2) is 30.2 Å². The second kappa shape index (κ2) is 8.27. The van der Waals surface area contributed by atoms with Gasteiger partial charge in [-0.05, 0) is 85.4 Å². The molecule has 0 unspecified atom stereocenters. The number of hydrogen-bond acceptors (Lipinski definition) is 5. The van der Waals surface area contributed by atoms with Crippen molar-refractivity contribution in [2.24, 2.45) is 41.4 Å². The van der Waals surface area contributed by atoms with Crippen molar-refractivity contribution in [3.63, 3.8) is 0 Å². The molecular formula is C30H27ClN2O5. The monoisotopic (exact) mass is 530 g/mol. The fraction of sp³-hybridized carbons (Fsp3) is 0.400. The van der Waals surface area contributed by atoms with Crippen LogP contribution in [-0.2, 0) is 19.2 Å². The molecule has 2 heterocycles. The van der Waals surface area contributed by atoms with Gasteiger partial charge in [-0.1, -0.05) is 29.8 Å². The second-order valence-electron chi connectivity index (χ2n) is 11.4. The molecule has 2 aromatic carbocycles. The Labute approximate surface area is 225 Å². The lowest BCUT2D eigenvalue weighted by Gasteiger charge is -2.37. The Morgan fingerprint density at radius 1 is 0.921 bits per heavy atom. The highest BCUT2D eigenvalue weighted by Crippen LogP contribution is 2.65. The molecule has 4 aliphatic carbocycles. The number of carbonyl (C=O) groups excluding carboxylic acids is 4. The molecule has 2 aromatic rings. The third-order valence-electron chi connectivity index (χ3n) is 9.22. The lowest BCUT2D eigenvalue weighted by atomic mass is 9.63. The molecule has 7 atom stereocenters. The van der Waals surface area contributed by atoms with E-state index >= 15 is 0 Å². The summed E-state index contributed by atoms with van der Waals surface area (Å²) in [6.45, 7) is 3.91. The number of imide groups is 1. The molecule has 2 saturated carbocycles. The van der Waals surface area contributed by atoms with E-state index in [0.717, 1.165) is 12.0 Å². The van der Waals surface area contributed by atoms with Crippen LogP contribution < -0.4 is 14.5 Å². The van der Waals surface area contributed by atoms with Gasteiger partial charge in [-0.2, -0.15) is 0 Å². The maximum atomic E-state index is 13.5. The second-order valence-corrected chi connectivity index (χ2v) is 11.8. The molecule has 3 amide bonds. The lowest BCUT2D eigenvalue weighted by Crippen LogP contribution is -2.40. The summed E-state index contributed by atoms with van der Waals surface area (Å²) in [6, 6.07) is 10.4. The number of allylic oxidation sites excluding steroid dienone is 2. The van der Waals surface area contributed by atoms with Gasteiger partial charge >= 0.3 is 5.97 Å². The highest BCUT2D eigenvalue weighted by atomic mass is 35.5. The van der Waals surface area contributed by atoms with Crippen LogP contribution in [0.15, 0.2) is 48.6 Å². The van der Waals surface area contributed by atoms with E-state index in [0.29, 0.717) is 39.5 Å². The molecule has 0 spiro atoms. The predicted octanol–water partition coefficient (Wildman–Crippen LogP) is 4.47. The first-order valence-corrected chi connectivity index (χ1v) is 13.6. The number of halogens is 1. The quantitative estimate of drug-likeness (QED) is 0.252. The Bertz CT molecular complexity index is 1430. The van der Waals surface area contributed by atoms with Crippen molar-refractivity contribution >= 4 is 46.7 Å². The number of benzene rings is 2. The molecule has 6 aliphatic rings. The number of rotatable bonds is 4. The summed E-state index contributed by atoms with van der Waals surface area (Å²) in [5.74, 6) is -0.255. The zero-order chi connectivity index (χ0) is 26.5. The van der Waals surface area contributed by atoms with Gasteiger partial charge in [0.2, 0.25) is 17.7 Å². The van der Waals surface area contributed by atoms with Crippen LogP contribution in [0, 0.1) is 55.3 Å². The van der Waals surface area contributed by atoms with Crippen LogP contribution in [0.1, 0.15) is 24.0 Å². The van der Waals surface area contributed by atoms with Crippen LogP contribution in [0.5, 0.6) is 5.75 Å². The van der Waals surface area contributed by atoms with E-state index < -0.39 is 11.9 Å². The number of esters is 1. The third-order valence-corrected chi connectivity index (χ3v) is 9.62. The lowest BCUT2D eigenvalue weighted by molar-refractivity contribution is -0.139. The SMILES string of the molecule is Cc1ccc(N2C[C@H](C(=O)Oc3ccc(N4C(=O)[C@@H]5[C@H]6C=C[C@@H]([C@@H]7C[C@H]67)[C@@H]5C4=O)c(C)c3)CC2=O)cc1Cl. The number of hydrogen-bond donors (Lipinski definition) is 0. The van der Waals surface area contributed by atoms with Gasteiger partial charge in [0.1, 0.15) is 5.75 Å². The molecule has 8 rings (SSSR count). The van der Waals surface area contributed by atoms with Crippen molar-refractivity contribution in [3.05, 3.63) is 64.7 Å². The number of nitrogens with zero attached hydrogens (tertiary/aromatic N) is 2. The van der Waals surface area contributed by atoms with Gasteiger partial charge in [0.05, 0.1) is 23.4 Å². The average Bonchev–Trinajstić information content (AvgIpc) is 3.57. The summed E-state index contributed by atoms with van der Waals surface area (Å²) in [5, 5.41) is 0.562. The highest BCUT2D eigenvalue weighted by molar-refractivity contribution is 6.31. The number of ether oxygens (including phenoxy) is 1. The first-order chi connectivity index (χ1) is 18.2. The van der Waals surface area contributed by atoms with Crippen molar-refractivity contribution in [2.75, 3.05) is 16.3 Å². The van der Waals surface area contributed by atoms with Crippen molar-refractivity contribution in [2.45, 2.75) is 26.7 Å². The smallest absolute Gasteiger partial charge is 0.316 e. The van der Waals surface area contributed by atoms with Crippen molar-refractivity contribution in [1.29, 1.82) is 0 Å². The summed E-state index contributed by atoms with van der Waals surface area (Å²) >= 11 is 6.22. The average molecular weight is 531 g/mol. The minimum atomic E-state index is -0.609. The van der Waals surface area contributed by atoms with E-state index in [4.69, 9.17) is 16.3 Å². The summed E-state index contributed by atoms with van der Waals surface area (Å²) in [7, 11) is 0. The molecule has 2 bridgehead atoms. The standard InChI is InChI=1S/C30H27ClN2O5/c1-14-3-4-17(11-23(14)31)32-13-16(10-25(32)34)30(37)38-18-5-8-24(15(2)9-18)33-28(35)26-19-6-7-20(22-12-21(19)22)27(26)29(33)36/h3-9,11,16,19-22,26-27H,10,12-13H2,1-2H3/t16-,19+,20+,21-,22+,26-,27+/m1/s1. The minimum Gasteiger partial charge on any atom is -0.426 e.